The predicted molar refractivity (Wildman–Crippen MR) is 203 cm³/mol. The number of hydrogen-bond donors (Lipinski definition) is 2. The number of methoxy groups -OCH3 is 1. The molecular formula is C40H56N8O5. The zero-order valence-corrected chi connectivity index (χ0v) is 32.0. The molecule has 0 radical (unpaired) electrons. The first kappa shape index (κ1) is 36.1. The van der Waals surface area contributed by atoms with Crippen molar-refractivity contribution in [1.82, 2.24) is 29.7 Å². The number of carbonyl (C=O) groups excluding carboxylic acids is 2. The van der Waals surface area contributed by atoms with E-state index in [-0.39, 0.29) is 24.1 Å². The van der Waals surface area contributed by atoms with E-state index in [2.05, 4.69) is 43.6 Å². The second kappa shape index (κ2) is 14.4. The number of likely N-dealkylation sites (tertiary alicyclic amines) is 2. The van der Waals surface area contributed by atoms with E-state index in [1.165, 1.54) is 16.8 Å². The number of nitrogens with zero attached hydrogens (tertiary/aromatic N) is 6. The van der Waals surface area contributed by atoms with Gasteiger partial charge < -0.3 is 34.6 Å². The summed E-state index contributed by atoms with van der Waals surface area (Å²) in [5, 5.41) is 11.4. The number of aromatic nitrogens is 3. The Morgan fingerprint density at radius 2 is 1.77 bits per heavy atom. The number of nitrogens with one attached hydrogen (secondary N) is 2. The summed E-state index contributed by atoms with van der Waals surface area (Å²) in [6.45, 7) is 11.1. The van der Waals surface area contributed by atoms with Crippen molar-refractivity contribution in [3.05, 3.63) is 47.3 Å². The molecule has 13 heteroatoms. The molecule has 286 valence electrons. The maximum atomic E-state index is 13.3. The van der Waals surface area contributed by atoms with Crippen molar-refractivity contribution in [1.29, 1.82) is 0 Å². The van der Waals surface area contributed by atoms with Crippen LogP contribution in [-0.2, 0) is 27.2 Å². The summed E-state index contributed by atoms with van der Waals surface area (Å²) in [6.07, 6.45) is 11.4. The lowest BCUT2D eigenvalue weighted by Gasteiger charge is -2.52. The van der Waals surface area contributed by atoms with E-state index in [9.17, 15) is 9.59 Å². The summed E-state index contributed by atoms with van der Waals surface area (Å²) in [5.74, 6) is 0.593. The maximum absolute atomic E-state index is 13.3. The molecule has 2 aromatic heterocycles. The topological polar surface area (TPSA) is 126 Å². The van der Waals surface area contributed by atoms with E-state index >= 15 is 0 Å². The number of fused-ring (bicyclic) bond motifs is 2. The molecule has 0 bridgehead atoms. The van der Waals surface area contributed by atoms with Gasteiger partial charge in [0.25, 0.3) is 5.91 Å². The van der Waals surface area contributed by atoms with Crippen molar-refractivity contribution < 1.29 is 23.8 Å². The maximum Gasteiger partial charge on any atom is 0.410 e. The molecule has 4 fully saturated rings. The Morgan fingerprint density at radius 3 is 2.45 bits per heavy atom. The minimum Gasteiger partial charge on any atom is -0.444 e. The van der Waals surface area contributed by atoms with Crippen molar-refractivity contribution in [3.63, 3.8) is 0 Å². The minimum atomic E-state index is -0.455. The molecular weight excluding hydrogens is 672 g/mol. The molecule has 2 aliphatic carbocycles. The highest BCUT2D eigenvalue weighted by Gasteiger charge is 2.48. The lowest BCUT2D eigenvalue weighted by atomic mass is 9.61. The number of benzene rings is 1. The van der Waals surface area contributed by atoms with Gasteiger partial charge in [-0.3, -0.25) is 9.69 Å². The standard InChI is InChI=1S/C40H56N8O5/c1-39(2,3)53-38(50)46-19-14-40(15-20-46)22-28(23-40)52-27-11-16-45(17-12-27)25-26-7-6-8-32-29(26)13-18-47(32)35-21-31(41-4)36-42-24-33(48(36)44-35)37(49)43-30-9-10-34(30)51-5/h6-8,21,24,27-28,30,34,41H,9-20,22-23,25H2,1-5H3,(H,43,49)/t30-,34-/m1/s1. The van der Waals surface area contributed by atoms with Gasteiger partial charge in [0.2, 0.25) is 0 Å². The lowest BCUT2D eigenvalue weighted by molar-refractivity contribution is -0.141. The number of piperidine rings is 2. The van der Waals surface area contributed by atoms with Gasteiger partial charge in [0.05, 0.1) is 36.2 Å². The summed E-state index contributed by atoms with van der Waals surface area (Å²) in [7, 11) is 3.56. The van der Waals surface area contributed by atoms with Crippen LogP contribution in [0.5, 0.6) is 0 Å². The van der Waals surface area contributed by atoms with E-state index in [1.807, 2.05) is 38.8 Å². The Balaban J connectivity index is 0.855. The molecule has 5 heterocycles. The minimum absolute atomic E-state index is 0.00529. The zero-order chi connectivity index (χ0) is 36.9. The number of anilines is 3. The number of amides is 2. The average Bonchev–Trinajstić information content (AvgIpc) is 3.75. The Bertz CT molecular complexity index is 1810. The molecule has 5 aliphatic rings. The fourth-order valence-electron chi connectivity index (χ4n) is 9.10. The molecule has 2 saturated heterocycles. The van der Waals surface area contributed by atoms with Crippen LogP contribution in [0.1, 0.15) is 93.8 Å². The molecule has 13 nitrogen and oxygen atoms in total. The molecule has 2 N–H and O–H groups in total. The van der Waals surface area contributed by atoms with Crippen LogP contribution in [0, 0.1) is 5.41 Å². The first-order chi connectivity index (χ1) is 25.5. The Morgan fingerprint density at radius 1 is 1.00 bits per heavy atom. The van der Waals surface area contributed by atoms with Crippen molar-refractivity contribution in [2.24, 2.45) is 5.41 Å². The van der Waals surface area contributed by atoms with Gasteiger partial charge >= 0.3 is 6.09 Å². The van der Waals surface area contributed by atoms with E-state index in [1.54, 1.807) is 17.8 Å². The van der Waals surface area contributed by atoms with Crippen LogP contribution in [0.4, 0.5) is 22.0 Å². The molecule has 1 aromatic carbocycles. The SMILES string of the molecule is CNc1cc(N2CCc3c(CN4CCC(OC5CC6(CCN(C(=O)OC(C)(C)C)CC6)C5)CC4)cccc32)nn2c(C(=O)N[C@@H]3CC[C@H]3OC)cnc12. The van der Waals surface area contributed by atoms with E-state index in [4.69, 9.17) is 19.3 Å². The Hall–Kier alpha value is -3.94. The number of carbonyl (C=O) groups is 2. The van der Waals surface area contributed by atoms with E-state index < -0.39 is 5.60 Å². The monoisotopic (exact) mass is 728 g/mol. The summed E-state index contributed by atoms with van der Waals surface area (Å²) >= 11 is 0. The molecule has 8 rings (SSSR count). The smallest absolute Gasteiger partial charge is 0.410 e. The van der Waals surface area contributed by atoms with Crippen molar-refractivity contribution in [2.75, 3.05) is 57.1 Å². The van der Waals surface area contributed by atoms with Crippen LogP contribution in [0.2, 0.25) is 0 Å². The van der Waals surface area contributed by atoms with Crippen LogP contribution >= 0.6 is 0 Å². The number of ether oxygens (including phenoxy) is 3. The van der Waals surface area contributed by atoms with Gasteiger partial charge in [0.1, 0.15) is 5.60 Å². The van der Waals surface area contributed by atoms with Gasteiger partial charge in [-0.2, -0.15) is 0 Å². The van der Waals surface area contributed by atoms with Crippen LogP contribution in [-0.4, -0.2) is 113 Å². The first-order valence-corrected chi connectivity index (χ1v) is 19.7. The van der Waals surface area contributed by atoms with Crippen LogP contribution < -0.4 is 15.5 Å². The summed E-state index contributed by atoms with van der Waals surface area (Å²) in [5.41, 5.74) is 5.65. The van der Waals surface area contributed by atoms with E-state index in [0.29, 0.717) is 29.0 Å². The molecule has 2 amide bonds. The fraction of sp³-hybridized carbons (Fsp3) is 0.650. The fourth-order valence-corrected chi connectivity index (χ4v) is 9.10. The quantitative estimate of drug-likeness (QED) is 0.291. The van der Waals surface area contributed by atoms with Crippen LogP contribution in [0.25, 0.3) is 5.65 Å². The van der Waals surface area contributed by atoms with Gasteiger partial charge in [-0.15, -0.1) is 5.10 Å². The Labute approximate surface area is 312 Å². The molecule has 2 saturated carbocycles. The van der Waals surface area contributed by atoms with Crippen molar-refractivity contribution in [2.45, 2.75) is 115 Å². The number of hydrogen-bond acceptors (Lipinski definition) is 10. The molecule has 2 atom stereocenters. The zero-order valence-electron chi connectivity index (χ0n) is 32.0. The molecule has 53 heavy (non-hydrogen) atoms. The second-order valence-corrected chi connectivity index (χ2v) is 16.9. The summed E-state index contributed by atoms with van der Waals surface area (Å²) in [4.78, 5) is 37.1. The highest BCUT2D eigenvalue weighted by molar-refractivity contribution is 5.94. The van der Waals surface area contributed by atoms with Crippen molar-refractivity contribution >= 4 is 34.8 Å². The molecule has 0 unspecified atom stereocenters. The average molecular weight is 729 g/mol. The summed E-state index contributed by atoms with van der Waals surface area (Å²) < 4.78 is 19.4. The highest BCUT2D eigenvalue weighted by atomic mass is 16.6. The molecule has 1 spiro atoms. The Kier molecular flexibility index (Phi) is 9.78. The lowest BCUT2D eigenvalue weighted by Crippen LogP contribution is -2.52. The number of imidazole rings is 1. The first-order valence-electron chi connectivity index (χ1n) is 19.7. The number of rotatable bonds is 9. The summed E-state index contributed by atoms with van der Waals surface area (Å²) in [6, 6.07) is 8.65. The van der Waals surface area contributed by atoms with Crippen molar-refractivity contribution in [3.8, 4) is 0 Å². The van der Waals surface area contributed by atoms with Crippen LogP contribution in [0.15, 0.2) is 30.5 Å². The largest absolute Gasteiger partial charge is 0.444 e. The van der Waals surface area contributed by atoms with Gasteiger partial charge in [-0.25, -0.2) is 14.3 Å². The van der Waals surface area contributed by atoms with Gasteiger partial charge in [0, 0.05) is 65.2 Å². The second-order valence-electron chi connectivity index (χ2n) is 16.9. The van der Waals surface area contributed by atoms with Gasteiger partial charge in [-0.1, -0.05) is 12.1 Å². The third-order valence-corrected chi connectivity index (χ3v) is 12.3. The highest BCUT2D eigenvalue weighted by Crippen LogP contribution is 2.51. The van der Waals surface area contributed by atoms with E-state index in [0.717, 1.165) is 109 Å². The van der Waals surface area contributed by atoms with Crippen LogP contribution in [0.3, 0.4) is 0 Å². The molecule has 3 aromatic rings. The van der Waals surface area contributed by atoms with Gasteiger partial charge in [-0.05, 0) is 101 Å². The predicted octanol–water partition coefficient (Wildman–Crippen LogP) is 5.53. The van der Waals surface area contributed by atoms with Gasteiger partial charge in [0.15, 0.2) is 17.2 Å². The third-order valence-electron chi connectivity index (χ3n) is 12.3. The molecule has 3 aliphatic heterocycles. The normalized spacial score (nSPS) is 23.5. The third kappa shape index (κ3) is 7.32.